The van der Waals surface area contributed by atoms with Crippen LogP contribution in [0.15, 0.2) is 6.07 Å². The molecule has 0 spiro atoms. The Morgan fingerprint density at radius 1 is 1.62 bits per heavy atom. The lowest BCUT2D eigenvalue weighted by Gasteiger charge is -2.09. The number of amides is 1. The SMILES string of the molecule is CCc1cc(C(=O)NC(C)C)n(C2CC2)n1. The number of carbonyl (C=O) groups excluding carboxylic acids is 1. The van der Waals surface area contributed by atoms with Crippen LogP contribution in [0.1, 0.15) is 55.8 Å². The van der Waals surface area contributed by atoms with Crippen LogP contribution in [-0.2, 0) is 6.42 Å². The Morgan fingerprint density at radius 3 is 2.81 bits per heavy atom. The molecule has 0 radical (unpaired) electrons. The van der Waals surface area contributed by atoms with E-state index in [0.29, 0.717) is 11.7 Å². The van der Waals surface area contributed by atoms with Gasteiger partial charge in [0.2, 0.25) is 0 Å². The summed E-state index contributed by atoms with van der Waals surface area (Å²) in [5.41, 5.74) is 1.72. The molecule has 1 N–H and O–H groups in total. The molecule has 1 aromatic rings. The lowest BCUT2D eigenvalue weighted by molar-refractivity contribution is 0.0932. The molecule has 0 atom stereocenters. The Labute approximate surface area is 96.0 Å². The number of rotatable bonds is 4. The third kappa shape index (κ3) is 2.26. The molecule has 1 fully saturated rings. The van der Waals surface area contributed by atoms with Crippen molar-refractivity contribution in [2.45, 2.75) is 52.1 Å². The largest absolute Gasteiger partial charge is 0.349 e. The average molecular weight is 221 g/mol. The molecular formula is C12H19N3O. The average Bonchev–Trinajstić information content (AvgIpc) is 2.96. The normalized spacial score (nSPS) is 15.5. The summed E-state index contributed by atoms with van der Waals surface area (Å²) in [7, 11) is 0. The van der Waals surface area contributed by atoms with Gasteiger partial charge in [-0.2, -0.15) is 5.10 Å². The summed E-state index contributed by atoms with van der Waals surface area (Å²) in [5.74, 6) is -0.00546. The molecule has 0 unspecified atom stereocenters. The van der Waals surface area contributed by atoms with Gasteiger partial charge in [-0.05, 0) is 39.2 Å². The van der Waals surface area contributed by atoms with Gasteiger partial charge in [-0.1, -0.05) is 6.92 Å². The Hall–Kier alpha value is -1.32. The molecule has 1 aliphatic carbocycles. The Morgan fingerprint density at radius 2 is 2.31 bits per heavy atom. The first kappa shape index (κ1) is 11.2. The van der Waals surface area contributed by atoms with Gasteiger partial charge in [-0.15, -0.1) is 0 Å². The monoisotopic (exact) mass is 221 g/mol. The smallest absolute Gasteiger partial charge is 0.269 e. The molecule has 16 heavy (non-hydrogen) atoms. The Kier molecular flexibility index (Phi) is 2.99. The second-order valence-electron chi connectivity index (χ2n) is 4.68. The minimum absolute atomic E-state index is 0.00546. The predicted molar refractivity (Wildman–Crippen MR) is 62.5 cm³/mol. The van der Waals surface area contributed by atoms with Gasteiger partial charge in [0.15, 0.2) is 0 Å². The van der Waals surface area contributed by atoms with Crippen molar-refractivity contribution in [3.63, 3.8) is 0 Å². The minimum Gasteiger partial charge on any atom is -0.349 e. The highest BCUT2D eigenvalue weighted by molar-refractivity contribution is 5.92. The van der Waals surface area contributed by atoms with Crippen LogP contribution in [0.4, 0.5) is 0 Å². The highest BCUT2D eigenvalue weighted by atomic mass is 16.2. The van der Waals surface area contributed by atoms with Gasteiger partial charge >= 0.3 is 0 Å². The molecule has 88 valence electrons. The van der Waals surface area contributed by atoms with Gasteiger partial charge in [0, 0.05) is 6.04 Å². The molecule has 0 aliphatic heterocycles. The number of nitrogens with zero attached hydrogens (tertiary/aromatic N) is 2. The van der Waals surface area contributed by atoms with E-state index in [1.54, 1.807) is 0 Å². The van der Waals surface area contributed by atoms with Crippen LogP contribution in [-0.4, -0.2) is 21.7 Å². The Bertz CT molecular complexity index is 391. The molecule has 0 saturated heterocycles. The first-order valence-electron chi connectivity index (χ1n) is 6.01. The maximum atomic E-state index is 12.0. The molecule has 1 saturated carbocycles. The van der Waals surface area contributed by atoms with Crippen molar-refractivity contribution in [3.8, 4) is 0 Å². The first-order valence-corrected chi connectivity index (χ1v) is 6.01. The van der Waals surface area contributed by atoms with E-state index in [0.717, 1.165) is 25.0 Å². The zero-order chi connectivity index (χ0) is 11.7. The standard InChI is InChI=1S/C12H19N3O/c1-4-9-7-11(12(16)13-8(2)3)15(14-9)10-5-6-10/h7-8,10H,4-6H2,1-3H3,(H,13,16). The molecule has 1 aliphatic rings. The first-order chi connectivity index (χ1) is 7.61. The summed E-state index contributed by atoms with van der Waals surface area (Å²) in [5, 5.41) is 7.39. The Balaban J connectivity index is 2.23. The van der Waals surface area contributed by atoms with Crippen LogP contribution >= 0.6 is 0 Å². The van der Waals surface area contributed by atoms with E-state index in [-0.39, 0.29) is 11.9 Å². The second kappa shape index (κ2) is 4.28. The fourth-order valence-electron chi connectivity index (χ4n) is 1.72. The molecule has 4 heteroatoms. The quantitative estimate of drug-likeness (QED) is 0.844. The molecule has 0 aromatic carbocycles. The number of hydrogen-bond acceptors (Lipinski definition) is 2. The molecule has 2 rings (SSSR count). The van der Waals surface area contributed by atoms with Crippen molar-refractivity contribution < 1.29 is 4.79 Å². The van der Waals surface area contributed by atoms with Crippen molar-refractivity contribution in [2.75, 3.05) is 0 Å². The lowest BCUT2D eigenvalue weighted by atomic mass is 10.3. The molecule has 4 nitrogen and oxygen atoms in total. The zero-order valence-corrected chi connectivity index (χ0v) is 10.2. The maximum absolute atomic E-state index is 12.0. The summed E-state index contributed by atoms with van der Waals surface area (Å²) in [4.78, 5) is 12.0. The highest BCUT2D eigenvalue weighted by Gasteiger charge is 2.29. The topological polar surface area (TPSA) is 46.9 Å². The number of aryl methyl sites for hydroxylation is 1. The highest BCUT2D eigenvalue weighted by Crippen LogP contribution is 2.35. The molecule has 1 aromatic heterocycles. The predicted octanol–water partition coefficient (Wildman–Crippen LogP) is 1.92. The van der Waals surface area contributed by atoms with Crippen molar-refractivity contribution in [1.29, 1.82) is 0 Å². The van der Waals surface area contributed by atoms with E-state index in [2.05, 4.69) is 17.3 Å². The third-order valence-corrected chi connectivity index (χ3v) is 2.69. The van der Waals surface area contributed by atoms with E-state index in [1.165, 1.54) is 0 Å². The summed E-state index contributed by atoms with van der Waals surface area (Å²) in [6.45, 7) is 6.00. The lowest BCUT2D eigenvalue weighted by Crippen LogP contribution is -2.31. The van der Waals surface area contributed by atoms with Crippen LogP contribution in [0.2, 0.25) is 0 Å². The van der Waals surface area contributed by atoms with Crippen LogP contribution in [0.3, 0.4) is 0 Å². The summed E-state index contributed by atoms with van der Waals surface area (Å²) in [6, 6.07) is 2.53. The molecule has 1 amide bonds. The second-order valence-corrected chi connectivity index (χ2v) is 4.68. The number of carbonyl (C=O) groups is 1. The van der Waals surface area contributed by atoms with Crippen molar-refractivity contribution >= 4 is 5.91 Å². The van der Waals surface area contributed by atoms with E-state index in [4.69, 9.17) is 0 Å². The van der Waals surface area contributed by atoms with Crippen LogP contribution in [0.25, 0.3) is 0 Å². The number of nitrogens with one attached hydrogen (secondary N) is 1. The van der Waals surface area contributed by atoms with E-state index in [9.17, 15) is 4.79 Å². The molecule has 1 heterocycles. The molecular weight excluding hydrogens is 202 g/mol. The summed E-state index contributed by atoms with van der Waals surface area (Å²) in [6.07, 6.45) is 3.17. The van der Waals surface area contributed by atoms with Gasteiger partial charge < -0.3 is 5.32 Å². The maximum Gasteiger partial charge on any atom is 0.269 e. The van der Waals surface area contributed by atoms with E-state index < -0.39 is 0 Å². The van der Waals surface area contributed by atoms with Crippen LogP contribution in [0, 0.1) is 0 Å². The van der Waals surface area contributed by atoms with Crippen molar-refractivity contribution in [1.82, 2.24) is 15.1 Å². The van der Waals surface area contributed by atoms with Gasteiger partial charge in [-0.3, -0.25) is 9.48 Å². The summed E-state index contributed by atoms with van der Waals surface area (Å²) < 4.78 is 1.90. The number of hydrogen-bond donors (Lipinski definition) is 1. The van der Waals surface area contributed by atoms with Crippen molar-refractivity contribution in [2.24, 2.45) is 0 Å². The zero-order valence-electron chi connectivity index (χ0n) is 10.2. The van der Waals surface area contributed by atoms with Crippen molar-refractivity contribution in [3.05, 3.63) is 17.5 Å². The molecule has 0 bridgehead atoms. The number of aromatic nitrogens is 2. The van der Waals surface area contributed by atoms with Crippen LogP contribution in [0.5, 0.6) is 0 Å². The van der Waals surface area contributed by atoms with Gasteiger partial charge in [0.05, 0.1) is 11.7 Å². The van der Waals surface area contributed by atoms with Gasteiger partial charge in [0.1, 0.15) is 5.69 Å². The van der Waals surface area contributed by atoms with E-state index >= 15 is 0 Å². The minimum atomic E-state index is -0.00546. The van der Waals surface area contributed by atoms with E-state index in [1.807, 2.05) is 24.6 Å². The third-order valence-electron chi connectivity index (χ3n) is 2.69. The van der Waals surface area contributed by atoms with Crippen LogP contribution < -0.4 is 5.32 Å². The fourth-order valence-corrected chi connectivity index (χ4v) is 1.72. The van der Waals surface area contributed by atoms with Gasteiger partial charge in [0.25, 0.3) is 5.91 Å². The fraction of sp³-hybridized carbons (Fsp3) is 0.667. The summed E-state index contributed by atoms with van der Waals surface area (Å²) >= 11 is 0. The van der Waals surface area contributed by atoms with Gasteiger partial charge in [-0.25, -0.2) is 0 Å².